The minimum Gasteiger partial charge on any atom is -0.364 e. The van der Waals surface area contributed by atoms with Crippen molar-refractivity contribution < 1.29 is 15.0 Å². The number of para-hydroxylation sites is 1. The van der Waals surface area contributed by atoms with Gasteiger partial charge in [0.1, 0.15) is 5.56 Å². The number of rotatable bonds is 4. The maximum atomic E-state index is 12.9. The van der Waals surface area contributed by atoms with Crippen molar-refractivity contribution in [2.24, 2.45) is 0 Å². The molecule has 0 bridgehead atoms. The Morgan fingerprint density at radius 3 is 2.48 bits per heavy atom. The molecule has 1 heterocycles. The minimum atomic E-state index is -1.70. The second-order valence-electron chi connectivity index (χ2n) is 5.58. The number of pyridine rings is 1. The quantitative estimate of drug-likeness (QED) is 0.636. The number of aliphatic hydroxyl groups is 2. The highest BCUT2D eigenvalue weighted by molar-refractivity contribution is 6.07. The predicted octanol–water partition coefficient (Wildman–Crippen LogP) is 2.18. The van der Waals surface area contributed by atoms with Crippen molar-refractivity contribution in [2.75, 3.05) is 11.4 Å². The number of aromatic nitrogens is 1. The van der Waals surface area contributed by atoms with Crippen LogP contribution in [-0.4, -0.2) is 27.6 Å². The van der Waals surface area contributed by atoms with Crippen LogP contribution in [0.25, 0.3) is 10.9 Å². The zero-order valence-electron chi connectivity index (χ0n) is 13.6. The third kappa shape index (κ3) is 3.17. The lowest BCUT2D eigenvalue weighted by Gasteiger charge is -2.21. The first-order chi connectivity index (χ1) is 12.0. The molecule has 0 spiro atoms. The van der Waals surface area contributed by atoms with E-state index in [1.54, 1.807) is 24.3 Å². The number of nitrogens with one attached hydrogen (secondary N) is 1. The van der Waals surface area contributed by atoms with Gasteiger partial charge in [-0.25, -0.2) is 0 Å². The standard InChI is InChI=1S/C19H18N2O4/c1-2-21(12-7-4-3-5-8-12)18(23)15-11-14-13(19(24)25)9-6-10-16(14)20-17(15)22/h3-11,19,24-25H,2H2,1H3,(H,20,22). The third-order valence-electron chi connectivity index (χ3n) is 4.06. The Hall–Kier alpha value is -2.96. The number of aromatic amines is 1. The van der Waals surface area contributed by atoms with Gasteiger partial charge >= 0.3 is 0 Å². The molecule has 0 unspecified atom stereocenters. The van der Waals surface area contributed by atoms with E-state index in [-0.39, 0.29) is 11.1 Å². The Bertz CT molecular complexity index is 964. The molecule has 0 saturated heterocycles. The maximum absolute atomic E-state index is 12.9. The van der Waals surface area contributed by atoms with Gasteiger partial charge in [0.15, 0.2) is 6.29 Å². The van der Waals surface area contributed by atoms with Crippen LogP contribution < -0.4 is 10.5 Å². The van der Waals surface area contributed by atoms with Crippen molar-refractivity contribution in [1.29, 1.82) is 0 Å². The molecule has 3 N–H and O–H groups in total. The molecule has 0 fully saturated rings. The molecule has 0 radical (unpaired) electrons. The van der Waals surface area contributed by atoms with Crippen LogP contribution in [0.1, 0.15) is 29.1 Å². The number of aliphatic hydroxyl groups excluding tert-OH is 1. The number of nitrogens with zero attached hydrogens (tertiary/aromatic N) is 1. The zero-order valence-corrected chi connectivity index (χ0v) is 13.6. The van der Waals surface area contributed by atoms with Crippen molar-refractivity contribution in [2.45, 2.75) is 13.2 Å². The van der Waals surface area contributed by atoms with E-state index < -0.39 is 17.8 Å². The van der Waals surface area contributed by atoms with Crippen LogP contribution in [0.4, 0.5) is 5.69 Å². The summed E-state index contributed by atoms with van der Waals surface area (Å²) in [6, 6.07) is 15.3. The molecule has 3 rings (SSSR count). The summed E-state index contributed by atoms with van der Waals surface area (Å²) in [5, 5.41) is 19.5. The van der Waals surface area contributed by atoms with E-state index >= 15 is 0 Å². The fourth-order valence-corrected chi connectivity index (χ4v) is 2.83. The van der Waals surface area contributed by atoms with Gasteiger partial charge in [0.05, 0.1) is 0 Å². The van der Waals surface area contributed by atoms with Crippen LogP contribution in [0.2, 0.25) is 0 Å². The molecule has 3 aromatic rings. The van der Waals surface area contributed by atoms with Crippen LogP contribution in [-0.2, 0) is 0 Å². The molecule has 6 nitrogen and oxygen atoms in total. The molecule has 6 heteroatoms. The number of benzene rings is 2. The summed E-state index contributed by atoms with van der Waals surface area (Å²) in [4.78, 5) is 29.4. The van der Waals surface area contributed by atoms with E-state index in [0.717, 1.165) is 0 Å². The summed E-state index contributed by atoms with van der Waals surface area (Å²) in [6.07, 6.45) is -1.70. The van der Waals surface area contributed by atoms with Gasteiger partial charge in [0.25, 0.3) is 11.5 Å². The fraction of sp³-hybridized carbons (Fsp3) is 0.158. The summed E-state index contributed by atoms with van der Waals surface area (Å²) < 4.78 is 0. The van der Waals surface area contributed by atoms with Crippen molar-refractivity contribution in [3.63, 3.8) is 0 Å². The van der Waals surface area contributed by atoms with E-state index in [2.05, 4.69) is 4.98 Å². The number of hydrogen-bond acceptors (Lipinski definition) is 4. The SMILES string of the molecule is CCN(C(=O)c1cc2c(C(O)O)cccc2[nH]c1=O)c1ccccc1. The summed E-state index contributed by atoms with van der Waals surface area (Å²) in [6.45, 7) is 2.22. The van der Waals surface area contributed by atoms with E-state index in [9.17, 15) is 19.8 Å². The smallest absolute Gasteiger partial charge is 0.263 e. The molecule has 0 atom stereocenters. The van der Waals surface area contributed by atoms with Crippen LogP contribution in [0.15, 0.2) is 59.4 Å². The number of anilines is 1. The van der Waals surface area contributed by atoms with E-state index in [4.69, 9.17) is 0 Å². The van der Waals surface area contributed by atoms with Gasteiger partial charge < -0.3 is 20.1 Å². The Kier molecular flexibility index (Phi) is 4.65. The number of fused-ring (bicyclic) bond motifs is 1. The first-order valence-corrected chi connectivity index (χ1v) is 7.92. The molecule has 0 aliphatic carbocycles. The van der Waals surface area contributed by atoms with Crippen LogP contribution in [0, 0.1) is 0 Å². The van der Waals surface area contributed by atoms with Crippen molar-refractivity contribution in [3.05, 3.63) is 76.1 Å². The molecule has 0 aliphatic rings. The van der Waals surface area contributed by atoms with Gasteiger partial charge in [-0.05, 0) is 31.2 Å². The fourth-order valence-electron chi connectivity index (χ4n) is 2.83. The monoisotopic (exact) mass is 338 g/mol. The average Bonchev–Trinajstić information content (AvgIpc) is 2.61. The Morgan fingerprint density at radius 2 is 1.84 bits per heavy atom. The lowest BCUT2D eigenvalue weighted by Crippen LogP contribution is -2.34. The maximum Gasteiger partial charge on any atom is 0.263 e. The summed E-state index contributed by atoms with van der Waals surface area (Å²) in [7, 11) is 0. The van der Waals surface area contributed by atoms with Crippen molar-refractivity contribution >= 4 is 22.5 Å². The highest BCUT2D eigenvalue weighted by Gasteiger charge is 2.21. The summed E-state index contributed by atoms with van der Waals surface area (Å²) in [5.74, 6) is -0.445. The number of carbonyl (C=O) groups is 1. The van der Waals surface area contributed by atoms with E-state index in [0.29, 0.717) is 23.1 Å². The number of H-pyrrole nitrogens is 1. The predicted molar refractivity (Wildman–Crippen MR) is 95.5 cm³/mol. The number of hydrogen-bond donors (Lipinski definition) is 3. The lowest BCUT2D eigenvalue weighted by atomic mass is 10.1. The first-order valence-electron chi connectivity index (χ1n) is 7.92. The topological polar surface area (TPSA) is 93.6 Å². The van der Waals surface area contributed by atoms with Crippen LogP contribution >= 0.6 is 0 Å². The van der Waals surface area contributed by atoms with Crippen LogP contribution in [0.3, 0.4) is 0 Å². The summed E-state index contributed by atoms with van der Waals surface area (Å²) >= 11 is 0. The zero-order chi connectivity index (χ0) is 18.0. The lowest BCUT2D eigenvalue weighted by molar-refractivity contribution is -0.0413. The molecule has 2 aromatic carbocycles. The molecular weight excluding hydrogens is 320 g/mol. The van der Waals surface area contributed by atoms with Gasteiger partial charge in [-0.1, -0.05) is 30.3 Å². The Morgan fingerprint density at radius 1 is 1.12 bits per heavy atom. The van der Waals surface area contributed by atoms with Crippen LogP contribution in [0.5, 0.6) is 0 Å². The van der Waals surface area contributed by atoms with Crippen molar-refractivity contribution in [3.8, 4) is 0 Å². The molecule has 1 amide bonds. The van der Waals surface area contributed by atoms with Gasteiger partial charge in [0, 0.05) is 28.7 Å². The van der Waals surface area contributed by atoms with Gasteiger partial charge in [-0.15, -0.1) is 0 Å². The molecule has 0 aliphatic heterocycles. The largest absolute Gasteiger partial charge is 0.364 e. The van der Waals surface area contributed by atoms with E-state index in [1.165, 1.54) is 17.0 Å². The minimum absolute atomic E-state index is 0.0497. The number of amides is 1. The molecular formula is C19H18N2O4. The Balaban J connectivity index is 2.14. The molecule has 0 saturated carbocycles. The van der Waals surface area contributed by atoms with Gasteiger partial charge in [-0.3, -0.25) is 9.59 Å². The Labute approximate surface area is 144 Å². The van der Waals surface area contributed by atoms with Gasteiger partial charge in [0.2, 0.25) is 0 Å². The summed E-state index contributed by atoms with van der Waals surface area (Å²) in [5.41, 5.74) is 0.785. The normalized spacial score (nSPS) is 11.0. The molecule has 128 valence electrons. The average molecular weight is 338 g/mol. The van der Waals surface area contributed by atoms with Gasteiger partial charge in [-0.2, -0.15) is 0 Å². The molecule has 1 aromatic heterocycles. The first kappa shape index (κ1) is 16.9. The highest BCUT2D eigenvalue weighted by Crippen LogP contribution is 2.23. The second kappa shape index (κ2) is 6.88. The molecule has 25 heavy (non-hydrogen) atoms. The third-order valence-corrected chi connectivity index (χ3v) is 4.06. The second-order valence-corrected chi connectivity index (χ2v) is 5.58. The van der Waals surface area contributed by atoms with Crippen molar-refractivity contribution in [1.82, 2.24) is 4.98 Å². The highest BCUT2D eigenvalue weighted by atomic mass is 16.5. The number of carbonyl (C=O) groups excluding carboxylic acids is 1. The van der Waals surface area contributed by atoms with E-state index in [1.807, 2.05) is 25.1 Å².